The van der Waals surface area contributed by atoms with E-state index in [0.29, 0.717) is 6.04 Å². The topological polar surface area (TPSA) is 19.6 Å². The van der Waals surface area contributed by atoms with Crippen molar-refractivity contribution in [2.45, 2.75) is 12.6 Å². The van der Waals surface area contributed by atoms with Crippen LogP contribution < -0.4 is 0 Å². The van der Waals surface area contributed by atoms with Crippen molar-refractivity contribution in [3.63, 3.8) is 0 Å². The van der Waals surface area contributed by atoms with E-state index in [1.165, 1.54) is 21.9 Å². The number of hydrogen-bond acceptors (Lipinski definition) is 3. The molecule has 2 aliphatic rings. The standard InChI is InChI=1S/C17H14N2O/c1-18-9-8-14-16-11(10-19(14)18)6-7-13-12-4-2-3-5-15(12)20-17(13)16/h2-9,14H,10H2,1H3. The molecule has 3 heterocycles. The molecule has 2 aliphatic heterocycles. The number of para-hydroxylation sites is 1. The average Bonchev–Trinajstić information content (AvgIpc) is 3.11. The van der Waals surface area contributed by atoms with Gasteiger partial charge in [-0.25, -0.2) is 5.01 Å². The van der Waals surface area contributed by atoms with E-state index >= 15 is 0 Å². The van der Waals surface area contributed by atoms with Gasteiger partial charge in [-0.15, -0.1) is 0 Å². The summed E-state index contributed by atoms with van der Waals surface area (Å²) in [6.07, 6.45) is 4.38. The van der Waals surface area contributed by atoms with Crippen LogP contribution in [0.3, 0.4) is 0 Å². The molecule has 0 saturated carbocycles. The van der Waals surface area contributed by atoms with Crippen molar-refractivity contribution in [1.82, 2.24) is 10.0 Å². The quantitative estimate of drug-likeness (QED) is 0.614. The zero-order valence-electron chi connectivity index (χ0n) is 11.2. The van der Waals surface area contributed by atoms with Crippen LogP contribution in [0.5, 0.6) is 0 Å². The molecule has 0 N–H and O–H groups in total. The van der Waals surface area contributed by atoms with Crippen molar-refractivity contribution >= 4 is 21.9 Å². The molecule has 98 valence electrons. The molecule has 2 aromatic carbocycles. The first-order valence-corrected chi connectivity index (χ1v) is 6.94. The maximum absolute atomic E-state index is 6.16. The van der Waals surface area contributed by atoms with Gasteiger partial charge in [0, 0.05) is 36.1 Å². The summed E-state index contributed by atoms with van der Waals surface area (Å²) in [5, 5.41) is 6.96. The van der Waals surface area contributed by atoms with E-state index in [0.717, 1.165) is 17.7 Å². The van der Waals surface area contributed by atoms with E-state index in [-0.39, 0.29) is 0 Å². The molecule has 1 atom stereocenters. The van der Waals surface area contributed by atoms with Gasteiger partial charge in [-0.1, -0.05) is 30.3 Å². The minimum Gasteiger partial charge on any atom is -0.456 e. The van der Waals surface area contributed by atoms with Gasteiger partial charge in [0.1, 0.15) is 11.2 Å². The Bertz CT molecular complexity index is 877. The predicted octanol–water partition coefficient (Wildman–Crippen LogP) is 3.82. The largest absolute Gasteiger partial charge is 0.456 e. The Morgan fingerprint density at radius 3 is 2.95 bits per heavy atom. The summed E-state index contributed by atoms with van der Waals surface area (Å²) in [5.74, 6) is 0. The molecule has 0 aliphatic carbocycles. The average molecular weight is 262 g/mol. The first-order chi connectivity index (χ1) is 9.83. The van der Waals surface area contributed by atoms with E-state index in [1.807, 2.05) is 12.1 Å². The van der Waals surface area contributed by atoms with Gasteiger partial charge >= 0.3 is 0 Å². The Morgan fingerprint density at radius 2 is 2.00 bits per heavy atom. The third kappa shape index (κ3) is 1.14. The maximum atomic E-state index is 6.16. The fourth-order valence-electron chi connectivity index (χ4n) is 3.53. The summed E-state index contributed by atoms with van der Waals surface area (Å²) in [4.78, 5) is 0. The summed E-state index contributed by atoms with van der Waals surface area (Å²) in [6, 6.07) is 13.0. The Kier molecular flexibility index (Phi) is 1.81. The molecule has 0 bridgehead atoms. The van der Waals surface area contributed by atoms with Crippen LogP contribution in [-0.4, -0.2) is 17.1 Å². The van der Waals surface area contributed by atoms with Gasteiger partial charge in [-0.3, -0.25) is 0 Å². The van der Waals surface area contributed by atoms with Crippen LogP contribution in [0.2, 0.25) is 0 Å². The lowest BCUT2D eigenvalue weighted by molar-refractivity contribution is 0.0458. The minimum absolute atomic E-state index is 0.319. The van der Waals surface area contributed by atoms with Gasteiger partial charge < -0.3 is 9.43 Å². The Labute approximate surface area is 116 Å². The van der Waals surface area contributed by atoms with E-state index < -0.39 is 0 Å². The van der Waals surface area contributed by atoms with Gasteiger partial charge in [0.15, 0.2) is 0 Å². The Balaban J connectivity index is 1.88. The SMILES string of the molecule is CN1C=CC2c3c(ccc4c3oc3ccccc34)CN21. The number of nitrogens with zero attached hydrogens (tertiary/aromatic N) is 2. The molecule has 3 aromatic rings. The predicted molar refractivity (Wildman–Crippen MR) is 78.9 cm³/mol. The molecule has 3 nitrogen and oxygen atoms in total. The lowest BCUT2D eigenvalue weighted by Gasteiger charge is -2.24. The number of hydrogen-bond donors (Lipinski definition) is 0. The smallest absolute Gasteiger partial charge is 0.140 e. The van der Waals surface area contributed by atoms with Crippen LogP contribution >= 0.6 is 0 Å². The summed E-state index contributed by atoms with van der Waals surface area (Å²) >= 11 is 0. The van der Waals surface area contributed by atoms with Gasteiger partial charge in [-0.2, -0.15) is 0 Å². The monoisotopic (exact) mass is 262 g/mol. The van der Waals surface area contributed by atoms with Crippen molar-refractivity contribution in [1.29, 1.82) is 0 Å². The highest BCUT2D eigenvalue weighted by molar-refractivity contribution is 6.06. The molecule has 3 heteroatoms. The van der Waals surface area contributed by atoms with Crippen molar-refractivity contribution in [3.05, 3.63) is 59.8 Å². The summed E-state index contributed by atoms with van der Waals surface area (Å²) < 4.78 is 6.16. The van der Waals surface area contributed by atoms with E-state index in [9.17, 15) is 0 Å². The Morgan fingerprint density at radius 1 is 1.10 bits per heavy atom. The minimum atomic E-state index is 0.319. The molecule has 20 heavy (non-hydrogen) atoms. The van der Waals surface area contributed by atoms with E-state index in [1.54, 1.807) is 0 Å². The highest BCUT2D eigenvalue weighted by Gasteiger charge is 2.36. The van der Waals surface area contributed by atoms with Gasteiger partial charge in [0.2, 0.25) is 0 Å². The van der Waals surface area contributed by atoms with Crippen LogP contribution in [0, 0.1) is 0 Å². The van der Waals surface area contributed by atoms with Crippen molar-refractivity contribution in [3.8, 4) is 0 Å². The first kappa shape index (κ1) is 10.5. The highest BCUT2D eigenvalue weighted by atomic mass is 16.3. The van der Waals surface area contributed by atoms with Gasteiger partial charge in [0.05, 0.1) is 6.04 Å². The molecule has 0 saturated heterocycles. The Hall–Kier alpha value is -2.26. The molecule has 1 aromatic heterocycles. The second-order valence-corrected chi connectivity index (χ2v) is 5.57. The normalized spacial score (nSPS) is 21.1. The fourth-order valence-corrected chi connectivity index (χ4v) is 3.53. The molecule has 0 radical (unpaired) electrons. The van der Waals surface area contributed by atoms with Gasteiger partial charge in [-0.05, 0) is 17.7 Å². The van der Waals surface area contributed by atoms with Crippen molar-refractivity contribution < 1.29 is 4.42 Å². The number of rotatable bonds is 0. The maximum Gasteiger partial charge on any atom is 0.140 e. The number of furan rings is 1. The molecule has 5 rings (SSSR count). The van der Waals surface area contributed by atoms with Crippen LogP contribution in [0.25, 0.3) is 21.9 Å². The second-order valence-electron chi connectivity index (χ2n) is 5.57. The van der Waals surface area contributed by atoms with E-state index in [4.69, 9.17) is 4.42 Å². The zero-order chi connectivity index (χ0) is 13.3. The van der Waals surface area contributed by atoms with Crippen LogP contribution in [-0.2, 0) is 6.54 Å². The zero-order valence-corrected chi connectivity index (χ0v) is 11.2. The first-order valence-electron chi connectivity index (χ1n) is 6.94. The number of benzene rings is 2. The van der Waals surface area contributed by atoms with Crippen LogP contribution in [0.15, 0.2) is 53.1 Å². The third-order valence-electron chi connectivity index (χ3n) is 4.51. The summed E-state index contributed by atoms with van der Waals surface area (Å²) in [5.41, 5.74) is 4.73. The van der Waals surface area contributed by atoms with Crippen LogP contribution in [0.1, 0.15) is 17.2 Å². The molecule has 0 amide bonds. The van der Waals surface area contributed by atoms with Gasteiger partial charge in [0.25, 0.3) is 0 Å². The highest BCUT2D eigenvalue weighted by Crippen LogP contribution is 2.44. The van der Waals surface area contributed by atoms with Crippen molar-refractivity contribution in [2.24, 2.45) is 0 Å². The number of fused-ring (bicyclic) bond motifs is 7. The van der Waals surface area contributed by atoms with Crippen LogP contribution in [0.4, 0.5) is 0 Å². The molecule has 0 fully saturated rings. The fraction of sp³-hybridized carbons (Fsp3) is 0.176. The molecular formula is C17H14N2O. The third-order valence-corrected chi connectivity index (χ3v) is 4.51. The lowest BCUT2D eigenvalue weighted by atomic mass is 10.0. The summed E-state index contributed by atoms with van der Waals surface area (Å²) in [6.45, 7) is 0.955. The van der Waals surface area contributed by atoms with Crippen molar-refractivity contribution in [2.75, 3.05) is 7.05 Å². The molecule has 0 spiro atoms. The van der Waals surface area contributed by atoms with E-state index in [2.05, 4.69) is 53.6 Å². The lowest BCUT2D eigenvalue weighted by Crippen LogP contribution is -2.29. The summed E-state index contributed by atoms with van der Waals surface area (Å²) in [7, 11) is 2.10. The number of hydrazine groups is 1. The second kappa shape index (κ2) is 3.44. The molecular weight excluding hydrogens is 248 g/mol. The molecule has 1 unspecified atom stereocenters.